The van der Waals surface area contributed by atoms with Crippen LogP contribution in [0.5, 0.6) is 0 Å². The van der Waals surface area contributed by atoms with Crippen molar-refractivity contribution in [1.29, 1.82) is 0 Å². The van der Waals surface area contributed by atoms with Gasteiger partial charge >= 0.3 is 8.80 Å². The zero-order valence-electron chi connectivity index (χ0n) is 7.57. The van der Waals surface area contributed by atoms with Crippen molar-refractivity contribution in [2.24, 2.45) is 0 Å². The Morgan fingerprint density at radius 2 is 2.08 bits per heavy atom. The summed E-state index contributed by atoms with van der Waals surface area (Å²) in [5.41, 5.74) is -0.0926. The maximum absolute atomic E-state index is 8.88. The third-order valence-corrected chi connectivity index (χ3v) is 4.03. The van der Waals surface area contributed by atoms with Gasteiger partial charge < -0.3 is 19.1 Å². The molecule has 13 heavy (non-hydrogen) atoms. The smallest absolute Gasteiger partial charge is 0.390 e. The first-order valence-electron chi connectivity index (χ1n) is 4.87. The zero-order valence-corrected chi connectivity index (χ0v) is 8.57. The second-order valence-electron chi connectivity index (χ2n) is 4.19. The Balaban J connectivity index is 1.82. The summed E-state index contributed by atoms with van der Waals surface area (Å²) < 4.78 is 5.55. The highest BCUT2D eigenvalue weighted by atomic mass is 28.4. The van der Waals surface area contributed by atoms with Crippen molar-refractivity contribution < 1.29 is 19.1 Å². The Kier molecular flexibility index (Phi) is 2.24. The molecule has 2 rings (SSSR count). The van der Waals surface area contributed by atoms with Gasteiger partial charge in [0, 0.05) is 6.04 Å². The molecule has 0 bridgehead atoms. The summed E-state index contributed by atoms with van der Waals surface area (Å²) in [5, 5.41) is 0. The molecule has 1 saturated carbocycles. The molecule has 4 nitrogen and oxygen atoms in total. The van der Waals surface area contributed by atoms with E-state index in [4.69, 9.17) is 19.1 Å². The van der Waals surface area contributed by atoms with E-state index in [0.29, 0.717) is 12.5 Å². The number of epoxide rings is 1. The minimum absolute atomic E-state index is 0.0926. The first-order chi connectivity index (χ1) is 6.02. The molecule has 2 unspecified atom stereocenters. The Morgan fingerprint density at radius 3 is 2.69 bits per heavy atom. The van der Waals surface area contributed by atoms with Crippen LogP contribution in [0.3, 0.4) is 0 Å². The van der Waals surface area contributed by atoms with Crippen LogP contribution in [0.4, 0.5) is 0 Å². The minimum Gasteiger partial charge on any atom is -0.390 e. The van der Waals surface area contributed by atoms with E-state index in [1.165, 1.54) is 6.42 Å². The van der Waals surface area contributed by atoms with Crippen LogP contribution in [0.1, 0.15) is 32.1 Å². The molecule has 5 heteroatoms. The normalized spacial score (nSPS) is 38.5. The average molecular weight is 204 g/mol. The topological polar surface area (TPSA) is 73.2 Å². The fourth-order valence-electron chi connectivity index (χ4n) is 2.27. The Labute approximate surface area is 78.5 Å². The van der Waals surface area contributed by atoms with Crippen LogP contribution in [0.25, 0.3) is 0 Å². The lowest BCUT2D eigenvalue weighted by atomic mass is 9.87. The summed E-state index contributed by atoms with van der Waals surface area (Å²) >= 11 is 0. The quantitative estimate of drug-likeness (QED) is 0.447. The molecular formula is C8H16O4Si. The van der Waals surface area contributed by atoms with E-state index in [9.17, 15) is 0 Å². The van der Waals surface area contributed by atoms with E-state index in [-0.39, 0.29) is 11.6 Å². The predicted octanol–water partition coefficient (Wildman–Crippen LogP) is 0.00390. The lowest BCUT2D eigenvalue weighted by Gasteiger charge is -2.18. The summed E-state index contributed by atoms with van der Waals surface area (Å²) in [6.45, 7) is 0. The SMILES string of the molecule is O[Si](O)(O)CCC12CCCCC1O2. The van der Waals surface area contributed by atoms with E-state index < -0.39 is 8.80 Å². The molecule has 0 amide bonds. The van der Waals surface area contributed by atoms with Crippen LogP contribution in [-0.2, 0) is 4.74 Å². The molecule has 2 fully saturated rings. The van der Waals surface area contributed by atoms with Crippen LogP contribution in [-0.4, -0.2) is 34.9 Å². The molecule has 1 aliphatic carbocycles. The van der Waals surface area contributed by atoms with Gasteiger partial charge in [0.25, 0.3) is 0 Å². The van der Waals surface area contributed by atoms with Crippen LogP contribution < -0.4 is 0 Å². The molecule has 1 aliphatic heterocycles. The summed E-state index contributed by atoms with van der Waals surface area (Å²) in [4.78, 5) is 26.6. The van der Waals surface area contributed by atoms with Gasteiger partial charge in [0.05, 0.1) is 11.7 Å². The highest BCUT2D eigenvalue weighted by Gasteiger charge is 2.57. The lowest BCUT2D eigenvalue weighted by Crippen LogP contribution is -2.36. The van der Waals surface area contributed by atoms with Crippen molar-refractivity contribution >= 4 is 8.80 Å². The molecule has 3 N–H and O–H groups in total. The van der Waals surface area contributed by atoms with Crippen molar-refractivity contribution in [1.82, 2.24) is 0 Å². The highest BCUT2D eigenvalue weighted by molar-refractivity contribution is 6.56. The molecule has 0 radical (unpaired) electrons. The average Bonchev–Trinajstić information content (AvgIpc) is 2.74. The monoisotopic (exact) mass is 204 g/mol. The molecule has 2 atom stereocenters. The van der Waals surface area contributed by atoms with Crippen LogP contribution in [0.2, 0.25) is 6.04 Å². The second kappa shape index (κ2) is 3.03. The number of rotatable bonds is 3. The van der Waals surface area contributed by atoms with Gasteiger partial charge in [0.1, 0.15) is 0 Å². The highest BCUT2D eigenvalue weighted by Crippen LogP contribution is 2.51. The molecule has 0 aromatic carbocycles. The fraction of sp³-hybridized carbons (Fsp3) is 1.00. The molecule has 1 heterocycles. The van der Waals surface area contributed by atoms with Crippen molar-refractivity contribution in [3.8, 4) is 0 Å². The Hall–Kier alpha value is 0.0569. The van der Waals surface area contributed by atoms with Crippen LogP contribution in [0, 0.1) is 0 Å². The number of fused-ring (bicyclic) bond motifs is 1. The molecule has 2 aliphatic rings. The molecular weight excluding hydrogens is 188 g/mol. The van der Waals surface area contributed by atoms with Crippen molar-refractivity contribution in [3.63, 3.8) is 0 Å². The van der Waals surface area contributed by atoms with Gasteiger partial charge in [-0.05, 0) is 19.3 Å². The maximum Gasteiger partial charge on any atom is 0.492 e. The van der Waals surface area contributed by atoms with E-state index in [1.54, 1.807) is 0 Å². The molecule has 0 aromatic rings. The van der Waals surface area contributed by atoms with Crippen molar-refractivity contribution in [3.05, 3.63) is 0 Å². The van der Waals surface area contributed by atoms with Gasteiger partial charge in [-0.25, -0.2) is 0 Å². The molecule has 76 valence electrons. The van der Waals surface area contributed by atoms with Crippen LogP contribution >= 0.6 is 0 Å². The summed E-state index contributed by atoms with van der Waals surface area (Å²) in [6.07, 6.45) is 5.42. The van der Waals surface area contributed by atoms with Crippen molar-refractivity contribution in [2.75, 3.05) is 0 Å². The first kappa shape index (κ1) is 9.61. The minimum atomic E-state index is -3.84. The van der Waals surface area contributed by atoms with E-state index in [2.05, 4.69) is 0 Å². The predicted molar refractivity (Wildman–Crippen MR) is 47.9 cm³/mol. The molecule has 0 aromatic heterocycles. The molecule has 0 spiro atoms. The fourth-order valence-corrected chi connectivity index (χ4v) is 3.03. The largest absolute Gasteiger partial charge is 0.492 e. The van der Waals surface area contributed by atoms with Crippen molar-refractivity contribution in [2.45, 2.75) is 49.9 Å². The van der Waals surface area contributed by atoms with E-state index in [0.717, 1.165) is 19.3 Å². The van der Waals surface area contributed by atoms with Gasteiger partial charge in [0.15, 0.2) is 0 Å². The Morgan fingerprint density at radius 1 is 1.31 bits per heavy atom. The standard InChI is InChI=1S/C8H16O4Si/c9-13(10,11)6-5-8-4-2-1-3-7(8)12-8/h7,9-11H,1-6H2. The summed E-state index contributed by atoms with van der Waals surface area (Å²) in [7, 11) is -3.84. The number of hydrogen-bond acceptors (Lipinski definition) is 4. The third kappa shape index (κ3) is 2.11. The summed E-state index contributed by atoms with van der Waals surface area (Å²) in [6, 6.07) is 0.115. The van der Waals surface area contributed by atoms with Gasteiger partial charge in [-0.1, -0.05) is 12.8 Å². The first-order valence-corrected chi connectivity index (χ1v) is 6.92. The van der Waals surface area contributed by atoms with Gasteiger partial charge in [0.2, 0.25) is 0 Å². The second-order valence-corrected chi connectivity index (χ2v) is 6.24. The van der Waals surface area contributed by atoms with E-state index in [1.807, 2.05) is 0 Å². The number of hydrogen-bond donors (Lipinski definition) is 3. The Bertz CT molecular complexity index is 203. The number of ether oxygens (including phenoxy) is 1. The van der Waals surface area contributed by atoms with Crippen LogP contribution in [0.15, 0.2) is 0 Å². The van der Waals surface area contributed by atoms with Gasteiger partial charge in [-0.2, -0.15) is 0 Å². The van der Waals surface area contributed by atoms with Gasteiger partial charge in [-0.15, -0.1) is 0 Å². The van der Waals surface area contributed by atoms with E-state index >= 15 is 0 Å². The summed E-state index contributed by atoms with van der Waals surface area (Å²) in [5.74, 6) is 0. The maximum atomic E-state index is 8.88. The third-order valence-electron chi connectivity index (χ3n) is 3.11. The lowest BCUT2D eigenvalue weighted by molar-refractivity contribution is 0.211. The van der Waals surface area contributed by atoms with Gasteiger partial charge in [-0.3, -0.25) is 0 Å². The molecule has 1 saturated heterocycles. The zero-order chi connectivity index (χ0) is 9.53.